The van der Waals surface area contributed by atoms with Gasteiger partial charge in [-0.15, -0.1) is 0 Å². The molecule has 0 aromatic heterocycles. The van der Waals surface area contributed by atoms with E-state index >= 15 is 0 Å². The molecule has 0 aromatic carbocycles. The van der Waals surface area contributed by atoms with Gasteiger partial charge in [0.15, 0.2) is 0 Å². The van der Waals surface area contributed by atoms with Crippen molar-refractivity contribution >= 4 is 5.91 Å². The van der Waals surface area contributed by atoms with Crippen molar-refractivity contribution in [2.75, 3.05) is 13.1 Å². The van der Waals surface area contributed by atoms with Crippen LogP contribution in [0.1, 0.15) is 168 Å². The lowest BCUT2D eigenvalue weighted by atomic mass is 10.0. The fourth-order valence-electron chi connectivity index (χ4n) is 5.37. The summed E-state index contributed by atoms with van der Waals surface area (Å²) in [5, 5.41) is 0. The second-order valence-corrected chi connectivity index (χ2v) is 10.7. The zero-order valence-electron chi connectivity index (χ0n) is 22.3. The normalized spacial score (nSPS) is 14.3. The first-order chi connectivity index (χ1) is 15.8. The van der Waals surface area contributed by atoms with E-state index in [1.807, 2.05) is 0 Å². The van der Waals surface area contributed by atoms with Gasteiger partial charge in [0.25, 0.3) is 0 Å². The zero-order chi connectivity index (χ0) is 23.1. The minimum atomic E-state index is 0.455. The van der Waals surface area contributed by atoms with Gasteiger partial charge in [0.05, 0.1) is 0 Å². The number of carbonyl (C=O) groups excluding carboxylic acids is 1. The molecule has 0 saturated heterocycles. The van der Waals surface area contributed by atoms with Gasteiger partial charge in [-0.3, -0.25) is 4.79 Å². The third kappa shape index (κ3) is 17.0. The molecule has 0 radical (unpaired) electrons. The summed E-state index contributed by atoms with van der Waals surface area (Å²) in [4.78, 5) is 15.2. The lowest BCUT2D eigenvalue weighted by molar-refractivity contribution is -0.131. The van der Waals surface area contributed by atoms with Gasteiger partial charge in [0, 0.05) is 19.5 Å². The van der Waals surface area contributed by atoms with Crippen LogP contribution in [0, 0.1) is 5.92 Å². The summed E-state index contributed by atoms with van der Waals surface area (Å²) >= 11 is 0. The Bertz CT molecular complexity index is 380. The predicted molar refractivity (Wildman–Crippen MR) is 142 cm³/mol. The van der Waals surface area contributed by atoms with Gasteiger partial charge in [-0.2, -0.15) is 0 Å². The number of hydrogen-bond donors (Lipinski definition) is 0. The fraction of sp³-hybridized carbons (Fsp3) is 0.967. The average Bonchev–Trinajstić information content (AvgIpc) is 3.32. The minimum Gasteiger partial charge on any atom is -0.343 e. The molecular formula is C30H59NO. The molecule has 32 heavy (non-hydrogen) atoms. The molecule has 0 aliphatic heterocycles. The van der Waals surface area contributed by atoms with E-state index in [4.69, 9.17) is 0 Å². The van der Waals surface area contributed by atoms with Crippen LogP contribution in [0.3, 0.4) is 0 Å². The van der Waals surface area contributed by atoms with Crippen molar-refractivity contribution in [1.82, 2.24) is 4.90 Å². The molecule has 2 nitrogen and oxygen atoms in total. The number of nitrogens with zero attached hydrogens (tertiary/aromatic N) is 1. The molecule has 1 aliphatic carbocycles. The van der Waals surface area contributed by atoms with Crippen LogP contribution in [0.25, 0.3) is 0 Å². The summed E-state index contributed by atoms with van der Waals surface area (Å²) in [5.74, 6) is 1.29. The standard InChI is InChI=1S/C30H59NO/c1-3-5-7-9-11-13-15-17-21-27-31(30(32)26-25-29-23-19-20-24-29)28-22-18-16-14-12-10-8-6-4-2/h29H,3-28H2,1-2H3. The molecule has 0 aromatic rings. The molecule has 0 spiro atoms. The van der Waals surface area contributed by atoms with Gasteiger partial charge >= 0.3 is 0 Å². The van der Waals surface area contributed by atoms with Crippen molar-refractivity contribution in [3.8, 4) is 0 Å². The molecule has 1 saturated carbocycles. The van der Waals surface area contributed by atoms with Crippen LogP contribution in [-0.2, 0) is 4.79 Å². The van der Waals surface area contributed by atoms with Crippen LogP contribution >= 0.6 is 0 Å². The molecule has 0 heterocycles. The van der Waals surface area contributed by atoms with Gasteiger partial charge in [-0.25, -0.2) is 0 Å². The number of unbranched alkanes of at least 4 members (excludes halogenated alkanes) is 16. The highest BCUT2D eigenvalue weighted by Gasteiger charge is 2.19. The lowest BCUT2D eigenvalue weighted by Crippen LogP contribution is -2.33. The maximum absolute atomic E-state index is 13.0. The first kappa shape index (κ1) is 29.5. The van der Waals surface area contributed by atoms with Crippen molar-refractivity contribution in [2.45, 2.75) is 168 Å². The summed E-state index contributed by atoms with van der Waals surface area (Å²) in [6.07, 6.45) is 31.9. The second-order valence-electron chi connectivity index (χ2n) is 10.7. The van der Waals surface area contributed by atoms with E-state index < -0.39 is 0 Å². The van der Waals surface area contributed by atoms with Gasteiger partial charge in [-0.05, 0) is 25.2 Å². The van der Waals surface area contributed by atoms with Gasteiger partial charge in [-0.1, -0.05) is 142 Å². The highest BCUT2D eigenvalue weighted by molar-refractivity contribution is 5.76. The Morgan fingerprint density at radius 3 is 1.38 bits per heavy atom. The van der Waals surface area contributed by atoms with Crippen LogP contribution in [0.4, 0.5) is 0 Å². The van der Waals surface area contributed by atoms with Gasteiger partial charge < -0.3 is 4.90 Å². The monoisotopic (exact) mass is 449 g/mol. The maximum atomic E-state index is 13.0. The molecule has 0 atom stereocenters. The number of hydrogen-bond acceptors (Lipinski definition) is 1. The van der Waals surface area contributed by atoms with Crippen LogP contribution in [-0.4, -0.2) is 23.9 Å². The van der Waals surface area contributed by atoms with E-state index in [0.29, 0.717) is 5.91 Å². The van der Waals surface area contributed by atoms with E-state index in [1.54, 1.807) is 0 Å². The Morgan fingerprint density at radius 1 is 0.594 bits per heavy atom. The summed E-state index contributed by atoms with van der Waals surface area (Å²) in [6.45, 7) is 6.59. The molecule has 1 rings (SSSR count). The largest absolute Gasteiger partial charge is 0.343 e. The van der Waals surface area contributed by atoms with E-state index in [9.17, 15) is 4.79 Å². The Kier molecular flexibility index (Phi) is 20.5. The number of rotatable bonds is 23. The highest BCUT2D eigenvalue weighted by atomic mass is 16.2. The van der Waals surface area contributed by atoms with Crippen LogP contribution in [0.15, 0.2) is 0 Å². The second kappa shape index (κ2) is 22.3. The quantitative estimate of drug-likeness (QED) is 0.142. The lowest BCUT2D eigenvalue weighted by Gasteiger charge is -2.23. The van der Waals surface area contributed by atoms with Crippen LogP contribution in [0.5, 0.6) is 0 Å². The van der Waals surface area contributed by atoms with E-state index in [0.717, 1.165) is 31.8 Å². The molecule has 190 valence electrons. The Hall–Kier alpha value is -0.530. The van der Waals surface area contributed by atoms with Crippen molar-refractivity contribution in [3.05, 3.63) is 0 Å². The zero-order valence-corrected chi connectivity index (χ0v) is 22.3. The Balaban J connectivity index is 2.17. The number of carbonyl (C=O) groups is 1. The molecule has 0 unspecified atom stereocenters. The first-order valence-electron chi connectivity index (χ1n) is 15.1. The topological polar surface area (TPSA) is 20.3 Å². The average molecular weight is 450 g/mol. The van der Waals surface area contributed by atoms with Crippen LogP contribution in [0.2, 0.25) is 0 Å². The summed E-state index contributed by atoms with van der Waals surface area (Å²) < 4.78 is 0. The van der Waals surface area contributed by atoms with Crippen molar-refractivity contribution in [2.24, 2.45) is 5.92 Å². The molecule has 1 fully saturated rings. The molecule has 0 bridgehead atoms. The van der Waals surface area contributed by atoms with E-state index in [-0.39, 0.29) is 0 Å². The highest BCUT2D eigenvalue weighted by Crippen LogP contribution is 2.28. The Morgan fingerprint density at radius 2 is 0.969 bits per heavy atom. The molecular weight excluding hydrogens is 390 g/mol. The van der Waals surface area contributed by atoms with Crippen molar-refractivity contribution in [1.29, 1.82) is 0 Å². The van der Waals surface area contributed by atoms with Gasteiger partial charge in [0.1, 0.15) is 0 Å². The SMILES string of the molecule is CCCCCCCCCCCN(CCCCCCCCCCC)C(=O)CCC1CCCC1. The number of amides is 1. The molecule has 1 amide bonds. The van der Waals surface area contributed by atoms with E-state index in [1.165, 1.54) is 141 Å². The van der Waals surface area contributed by atoms with Crippen molar-refractivity contribution < 1.29 is 4.79 Å². The molecule has 0 N–H and O–H groups in total. The summed E-state index contributed by atoms with van der Waals surface area (Å²) in [5.41, 5.74) is 0. The summed E-state index contributed by atoms with van der Waals surface area (Å²) in [7, 11) is 0. The first-order valence-corrected chi connectivity index (χ1v) is 15.1. The van der Waals surface area contributed by atoms with E-state index in [2.05, 4.69) is 18.7 Å². The molecule has 1 aliphatic rings. The van der Waals surface area contributed by atoms with Crippen molar-refractivity contribution in [3.63, 3.8) is 0 Å². The van der Waals surface area contributed by atoms with Gasteiger partial charge in [0.2, 0.25) is 5.91 Å². The third-order valence-corrected chi connectivity index (χ3v) is 7.66. The Labute approximate surface area is 202 Å². The fourth-order valence-corrected chi connectivity index (χ4v) is 5.37. The maximum Gasteiger partial charge on any atom is 0.222 e. The molecule has 2 heteroatoms. The third-order valence-electron chi connectivity index (χ3n) is 7.66. The smallest absolute Gasteiger partial charge is 0.222 e. The summed E-state index contributed by atoms with van der Waals surface area (Å²) in [6, 6.07) is 0. The van der Waals surface area contributed by atoms with Crippen LogP contribution < -0.4 is 0 Å². The minimum absolute atomic E-state index is 0.455. The predicted octanol–water partition coefficient (Wildman–Crippen LogP) is 9.85.